The highest BCUT2D eigenvalue weighted by atomic mass is 16.6. The molecule has 0 saturated carbocycles. The third-order valence-electron chi connectivity index (χ3n) is 3.22. The van der Waals surface area contributed by atoms with Crippen molar-refractivity contribution in [1.29, 1.82) is 0 Å². The minimum absolute atomic E-state index is 0.0298. The number of benzene rings is 1. The zero-order valence-electron chi connectivity index (χ0n) is 11.1. The highest BCUT2D eigenvalue weighted by molar-refractivity contribution is 6.04. The summed E-state index contributed by atoms with van der Waals surface area (Å²) in [4.78, 5) is 21.7. The van der Waals surface area contributed by atoms with Crippen molar-refractivity contribution in [1.82, 2.24) is 5.43 Å². The van der Waals surface area contributed by atoms with Crippen molar-refractivity contribution in [2.75, 3.05) is 13.2 Å². The number of hydrogen-bond acceptors (Lipinski definition) is 6. The molecule has 2 aliphatic heterocycles. The Labute approximate surface area is 119 Å². The SMILES string of the molecule is O=C1CCC(c2ccc(OCC3CO3)c([N+](=O)[O-])c2)=NN1. The molecular weight excluding hydrogens is 278 g/mol. The van der Waals surface area contributed by atoms with E-state index in [0.717, 1.165) is 0 Å². The number of nitrogens with one attached hydrogen (secondary N) is 1. The first-order chi connectivity index (χ1) is 10.1. The number of carbonyl (C=O) groups excluding carboxylic acids is 1. The second kappa shape index (κ2) is 5.49. The van der Waals surface area contributed by atoms with Crippen molar-refractivity contribution in [2.45, 2.75) is 18.9 Å². The van der Waals surface area contributed by atoms with E-state index in [-0.39, 0.29) is 23.4 Å². The van der Waals surface area contributed by atoms with E-state index in [1.54, 1.807) is 12.1 Å². The molecule has 2 aliphatic rings. The first kappa shape index (κ1) is 13.5. The zero-order valence-corrected chi connectivity index (χ0v) is 11.1. The summed E-state index contributed by atoms with van der Waals surface area (Å²) in [6.07, 6.45) is 0.811. The van der Waals surface area contributed by atoms with Crippen LogP contribution < -0.4 is 10.2 Å². The molecule has 21 heavy (non-hydrogen) atoms. The Bertz CT molecular complexity index is 624. The maximum atomic E-state index is 11.2. The van der Waals surface area contributed by atoms with Gasteiger partial charge in [0, 0.05) is 24.5 Å². The topological polar surface area (TPSA) is 106 Å². The Kier molecular flexibility index (Phi) is 3.53. The second-order valence-electron chi connectivity index (χ2n) is 4.80. The second-order valence-corrected chi connectivity index (χ2v) is 4.80. The van der Waals surface area contributed by atoms with Gasteiger partial charge in [-0.25, -0.2) is 5.43 Å². The van der Waals surface area contributed by atoms with Crippen LogP contribution in [0.3, 0.4) is 0 Å². The molecule has 1 saturated heterocycles. The molecule has 0 bridgehead atoms. The van der Waals surface area contributed by atoms with Crippen LogP contribution in [0.4, 0.5) is 5.69 Å². The van der Waals surface area contributed by atoms with E-state index < -0.39 is 4.92 Å². The Morgan fingerprint density at radius 2 is 2.29 bits per heavy atom. The lowest BCUT2D eigenvalue weighted by atomic mass is 10.0. The Morgan fingerprint density at radius 1 is 1.48 bits per heavy atom. The number of hydrazone groups is 1. The molecule has 1 N–H and O–H groups in total. The summed E-state index contributed by atoms with van der Waals surface area (Å²) in [5, 5.41) is 15.1. The molecule has 1 fully saturated rings. The molecular formula is C13H13N3O5. The third-order valence-corrected chi connectivity index (χ3v) is 3.22. The van der Waals surface area contributed by atoms with Crippen molar-refractivity contribution < 1.29 is 19.2 Å². The number of amides is 1. The molecule has 0 radical (unpaired) electrons. The lowest BCUT2D eigenvalue weighted by molar-refractivity contribution is -0.385. The maximum Gasteiger partial charge on any atom is 0.311 e. The lowest BCUT2D eigenvalue weighted by Gasteiger charge is -2.13. The van der Waals surface area contributed by atoms with Gasteiger partial charge >= 0.3 is 5.69 Å². The van der Waals surface area contributed by atoms with Gasteiger partial charge in [-0.1, -0.05) is 0 Å². The van der Waals surface area contributed by atoms with Gasteiger partial charge in [-0.15, -0.1) is 0 Å². The quantitative estimate of drug-likeness (QED) is 0.494. The van der Waals surface area contributed by atoms with Gasteiger partial charge in [0.05, 0.1) is 17.2 Å². The van der Waals surface area contributed by atoms with Gasteiger partial charge in [0.2, 0.25) is 5.91 Å². The van der Waals surface area contributed by atoms with Crippen molar-refractivity contribution in [3.8, 4) is 5.75 Å². The average molecular weight is 291 g/mol. The molecule has 1 aromatic carbocycles. The number of epoxide rings is 1. The summed E-state index contributed by atoms with van der Waals surface area (Å²) in [7, 11) is 0. The molecule has 8 nitrogen and oxygen atoms in total. The summed E-state index contributed by atoms with van der Waals surface area (Å²) >= 11 is 0. The van der Waals surface area contributed by atoms with Gasteiger partial charge < -0.3 is 9.47 Å². The molecule has 0 spiro atoms. The van der Waals surface area contributed by atoms with Gasteiger partial charge in [-0.3, -0.25) is 14.9 Å². The van der Waals surface area contributed by atoms with Crippen LogP contribution in [0.2, 0.25) is 0 Å². The van der Waals surface area contributed by atoms with Crippen molar-refractivity contribution in [2.24, 2.45) is 5.10 Å². The molecule has 1 atom stereocenters. The number of nitro groups is 1. The maximum absolute atomic E-state index is 11.2. The Morgan fingerprint density at radius 3 is 2.90 bits per heavy atom. The number of carbonyl (C=O) groups is 1. The minimum atomic E-state index is -0.492. The number of ether oxygens (including phenoxy) is 2. The van der Waals surface area contributed by atoms with Crippen molar-refractivity contribution in [3.63, 3.8) is 0 Å². The number of rotatable bonds is 5. The van der Waals surface area contributed by atoms with Gasteiger partial charge in [0.1, 0.15) is 12.7 Å². The number of nitrogens with zero attached hydrogens (tertiary/aromatic N) is 2. The number of hydrogen-bond donors (Lipinski definition) is 1. The molecule has 3 rings (SSSR count). The van der Waals surface area contributed by atoms with Crippen LogP contribution in [-0.4, -0.2) is 35.9 Å². The van der Waals surface area contributed by atoms with Crippen LogP contribution in [0.25, 0.3) is 0 Å². The predicted molar refractivity (Wildman–Crippen MR) is 72.2 cm³/mol. The first-order valence-electron chi connectivity index (χ1n) is 6.52. The summed E-state index contributed by atoms with van der Waals surface area (Å²) < 4.78 is 10.4. The van der Waals surface area contributed by atoms with Crippen molar-refractivity contribution >= 4 is 17.3 Å². The average Bonchev–Trinajstić information content (AvgIpc) is 3.30. The molecule has 0 aromatic heterocycles. The fourth-order valence-corrected chi connectivity index (χ4v) is 1.99. The van der Waals surface area contributed by atoms with E-state index in [1.807, 2.05) is 0 Å². The van der Waals surface area contributed by atoms with E-state index in [9.17, 15) is 14.9 Å². The lowest BCUT2D eigenvalue weighted by Crippen LogP contribution is -2.25. The molecule has 110 valence electrons. The van der Waals surface area contributed by atoms with E-state index in [0.29, 0.717) is 37.3 Å². The van der Waals surface area contributed by atoms with E-state index in [4.69, 9.17) is 9.47 Å². The van der Waals surface area contributed by atoms with Gasteiger partial charge in [-0.2, -0.15) is 5.10 Å². The molecule has 1 aromatic rings. The third kappa shape index (κ3) is 3.16. The summed E-state index contributed by atoms with van der Waals surface area (Å²) in [5.74, 6) is 0.0531. The van der Waals surface area contributed by atoms with Gasteiger partial charge in [-0.05, 0) is 12.1 Å². The van der Waals surface area contributed by atoms with E-state index >= 15 is 0 Å². The van der Waals surface area contributed by atoms with E-state index in [2.05, 4.69) is 10.5 Å². The number of nitro benzene ring substituents is 1. The van der Waals surface area contributed by atoms with Crippen LogP contribution in [0.15, 0.2) is 23.3 Å². The van der Waals surface area contributed by atoms with Gasteiger partial charge in [0.15, 0.2) is 5.75 Å². The molecule has 1 amide bonds. The highest BCUT2D eigenvalue weighted by Gasteiger charge is 2.26. The smallest absolute Gasteiger partial charge is 0.311 e. The molecule has 1 unspecified atom stereocenters. The highest BCUT2D eigenvalue weighted by Crippen LogP contribution is 2.29. The van der Waals surface area contributed by atoms with Crippen LogP contribution in [-0.2, 0) is 9.53 Å². The summed E-state index contributed by atoms with van der Waals surface area (Å²) in [6, 6.07) is 4.67. The Balaban J connectivity index is 1.83. The molecule has 2 heterocycles. The van der Waals surface area contributed by atoms with E-state index in [1.165, 1.54) is 6.07 Å². The first-order valence-corrected chi connectivity index (χ1v) is 6.52. The molecule has 0 aliphatic carbocycles. The van der Waals surface area contributed by atoms with Crippen molar-refractivity contribution in [3.05, 3.63) is 33.9 Å². The Hall–Kier alpha value is -2.48. The predicted octanol–water partition coefficient (Wildman–Crippen LogP) is 0.986. The van der Waals surface area contributed by atoms with Gasteiger partial charge in [0.25, 0.3) is 0 Å². The van der Waals surface area contributed by atoms with Crippen LogP contribution >= 0.6 is 0 Å². The van der Waals surface area contributed by atoms with Crippen LogP contribution in [0, 0.1) is 10.1 Å². The van der Waals surface area contributed by atoms with Crippen LogP contribution in [0.5, 0.6) is 5.75 Å². The largest absolute Gasteiger partial charge is 0.484 e. The molecule has 8 heteroatoms. The van der Waals surface area contributed by atoms with Crippen LogP contribution in [0.1, 0.15) is 18.4 Å². The monoisotopic (exact) mass is 291 g/mol. The fourth-order valence-electron chi connectivity index (χ4n) is 1.99. The summed E-state index contributed by atoms with van der Waals surface area (Å²) in [6.45, 7) is 0.930. The standard InChI is InChI=1S/C13H13N3O5/c17-13-4-2-10(14-15-13)8-1-3-12(11(5-8)16(18)19)21-7-9-6-20-9/h1,3,5,9H,2,4,6-7H2,(H,15,17). The normalized spacial score (nSPS) is 20.5. The fraction of sp³-hybridized carbons (Fsp3) is 0.385. The minimum Gasteiger partial charge on any atom is -0.484 e. The summed E-state index contributed by atoms with van der Waals surface area (Å²) in [5.41, 5.74) is 3.48. The zero-order chi connectivity index (χ0) is 14.8.